The molecular weight excluding hydrogens is 217 g/mol. The van der Waals surface area contributed by atoms with Gasteiger partial charge in [-0.2, -0.15) is 0 Å². The molecule has 0 fully saturated rings. The Kier molecular flexibility index (Phi) is 2.01. The van der Waals surface area contributed by atoms with Gasteiger partial charge in [0.15, 0.2) is 0 Å². The van der Waals surface area contributed by atoms with Gasteiger partial charge >= 0.3 is 0 Å². The first-order valence-corrected chi connectivity index (χ1v) is 3.65. The Morgan fingerprint density at radius 1 is 1.50 bits per heavy atom. The van der Waals surface area contributed by atoms with Gasteiger partial charge in [-0.1, -0.05) is 11.6 Å². The second-order valence-electron chi connectivity index (χ2n) is 1.74. The molecule has 0 spiro atoms. The number of hydrogen-bond acceptors (Lipinski definition) is 3. The average Bonchev–Trinajstić information content (AvgIpc) is 1.84. The molecule has 0 bridgehead atoms. The van der Waals surface area contributed by atoms with Crippen molar-refractivity contribution in [1.82, 2.24) is 4.98 Å². The van der Waals surface area contributed by atoms with Crippen molar-refractivity contribution >= 4 is 39.0 Å². The van der Waals surface area contributed by atoms with E-state index in [4.69, 9.17) is 23.1 Å². The minimum Gasteiger partial charge on any atom is -0.396 e. The van der Waals surface area contributed by atoms with Gasteiger partial charge in [0.1, 0.15) is 10.4 Å². The molecule has 5 heteroatoms. The molecule has 0 aromatic carbocycles. The fourth-order valence-electron chi connectivity index (χ4n) is 0.494. The van der Waals surface area contributed by atoms with Crippen LogP contribution in [0.25, 0.3) is 0 Å². The van der Waals surface area contributed by atoms with Crippen LogP contribution in [0.2, 0.25) is 5.02 Å². The van der Waals surface area contributed by atoms with Crippen molar-refractivity contribution in [3.63, 3.8) is 0 Å². The molecule has 0 atom stereocenters. The summed E-state index contributed by atoms with van der Waals surface area (Å²) in [6, 6.07) is 1.55. The lowest BCUT2D eigenvalue weighted by Gasteiger charge is -1.99. The van der Waals surface area contributed by atoms with Crippen molar-refractivity contribution in [2.75, 3.05) is 11.5 Å². The monoisotopic (exact) mass is 221 g/mol. The molecule has 0 aliphatic rings. The van der Waals surface area contributed by atoms with Crippen molar-refractivity contribution in [3.8, 4) is 0 Å². The highest BCUT2D eigenvalue weighted by atomic mass is 79.9. The predicted octanol–water partition coefficient (Wildman–Crippen LogP) is 1.66. The summed E-state index contributed by atoms with van der Waals surface area (Å²) in [6.07, 6.45) is 0. The molecule has 1 aromatic rings. The number of hydrogen-bond donors (Lipinski definition) is 2. The third kappa shape index (κ3) is 1.33. The van der Waals surface area contributed by atoms with Gasteiger partial charge in [0, 0.05) is 0 Å². The normalized spacial score (nSPS) is 9.80. The van der Waals surface area contributed by atoms with Crippen LogP contribution in [-0.2, 0) is 0 Å². The van der Waals surface area contributed by atoms with E-state index in [9.17, 15) is 0 Å². The average molecular weight is 222 g/mol. The molecule has 0 saturated heterocycles. The van der Waals surface area contributed by atoms with Crippen LogP contribution >= 0.6 is 27.5 Å². The fourth-order valence-corrected chi connectivity index (χ4v) is 0.959. The molecule has 0 unspecified atom stereocenters. The van der Waals surface area contributed by atoms with E-state index in [0.717, 1.165) is 0 Å². The largest absolute Gasteiger partial charge is 0.396 e. The number of rotatable bonds is 0. The highest BCUT2D eigenvalue weighted by Gasteiger charge is 2.01. The Morgan fingerprint density at radius 3 is 2.60 bits per heavy atom. The first-order chi connectivity index (χ1) is 4.61. The molecule has 1 aromatic heterocycles. The summed E-state index contributed by atoms with van der Waals surface area (Å²) >= 11 is 8.74. The maximum Gasteiger partial charge on any atom is 0.148 e. The van der Waals surface area contributed by atoms with Gasteiger partial charge in [0.05, 0.1) is 10.7 Å². The molecule has 0 aliphatic carbocycles. The van der Waals surface area contributed by atoms with Crippen molar-refractivity contribution in [1.29, 1.82) is 0 Å². The van der Waals surface area contributed by atoms with Gasteiger partial charge in [-0.15, -0.1) is 0 Å². The third-order valence-corrected chi connectivity index (χ3v) is 2.11. The number of halogens is 2. The van der Waals surface area contributed by atoms with Crippen LogP contribution < -0.4 is 11.5 Å². The van der Waals surface area contributed by atoms with E-state index in [1.807, 2.05) is 0 Å². The van der Waals surface area contributed by atoms with E-state index >= 15 is 0 Å². The maximum absolute atomic E-state index is 5.64. The van der Waals surface area contributed by atoms with Crippen molar-refractivity contribution in [2.45, 2.75) is 0 Å². The molecule has 0 amide bonds. The van der Waals surface area contributed by atoms with E-state index in [0.29, 0.717) is 15.3 Å². The smallest absolute Gasteiger partial charge is 0.148 e. The van der Waals surface area contributed by atoms with Crippen molar-refractivity contribution in [3.05, 3.63) is 15.7 Å². The van der Waals surface area contributed by atoms with Crippen LogP contribution in [0.15, 0.2) is 10.7 Å². The lowest BCUT2D eigenvalue weighted by molar-refractivity contribution is 1.29. The minimum absolute atomic E-state index is 0.288. The summed E-state index contributed by atoms with van der Waals surface area (Å²) in [6.45, 7) is 0. The minimum atomic E-state index is 0.288. The number of nitrogens with zero attached hydrogens (tertiary/aromatic N) is 1. The van der Waals surface area contributed by atoms with Crippen LogP contribution in [0, 0.1) is 0 Å². The van der Waals surface area contributed by atoms with E-state index in [1.54, 1.807) is 6.07 Å². The predicted molar refractivity (Wildman–Crippen MR) is 45.8 cm³/mol. The Labute approximate surface area is 71.5 Å². The Bertz CT molecular complexity index is 213. The van der Waals surface area contributed by atoms with Crippen LogP contribution in [0.3, 0.4) is 0 Å². The van der Waals surface area contributed by atoms with E-state index in [2.05, 4.69) is 20.9 Å². The molecule has 4 N–H and O–H groups in total. The van der Waals surface area contributed by atoms with Gasteiger partial charge in [-0.05, 0) is 22.0 Å². The van der Waals surface area contributed by atoms with E-state index in [1.165, 1.54) is 0 Å². The lowest BCUT2D eigenvalue weighted by Crippen LogP contribution is -1.97. The number of aromatic nitrogens is 1. The molecule has 1 rings (SSSR count). The summed E-state index contributed by atoms with van der Waals surface area (Å²) in [5, 5.41) is 0.465. The summed E-state index contributed by atoms with van der Waals surface area (Å²) in [5.74, 6) is 0.288. The third-order valence-electron chi connectivity index (χ3n) is 0.994. The van der Waals surface area contributed by atoms with Crippen molar-refractivity contribution < 1.29 is 0 Å². The van der Waals surface area contributed by atoms with E-state index in [-0.39, 0.29) is 5.82 Å². The SMILES string of the molecule is Nc1cc(Cl)c(Br)nc1N. The number of nitrogen functional groups attached to an aromatic ring is 2. The molecule has 54 valence electrons. The first-order valence-electron chi connectivity index (χ1n) is 2.48. The number of nitrogens with two attached hydrogens (primary N) is 2. The lowest BCUT2D eigenvalue weighted by atomic mass is 10.4. The van der Waals surface area contributed by atoms with Crippen LogP contribution in [-0.4, -0.2) is 4.98 Å². The quantitative estimate of drug-likeness (QED) is 0.656. The van der Waals surface area contributed by atoms with Gasteiger partial charge in [-0.25, -0.2) is 4.98 Å². The second kappa shape index (κ2) is 2.64. The molecule has 3 nitrogen and oxygen atoms in total. The maximum atomic E-state index is 5.64. The molecule has 10 heavy (non-hydrogen) atoms. The highest BCUT2D eigenvalue weighted by Crippen LogP contribution is 2.25. The highest BCUT2D eigenvalue weighted by molar-refractivity contribution is 9.10. The van der Waals surface area contributed by atoms with Crippen LogP contribution in [0.5, 0.6) is 0 Å². The Morgan fingerprint density at radius 2 is 2.10 bits per heavy atom. The van der Waals surface area contributed by atoms with Gasteiger partial charge in [0.2, 0.25) is 0 Å². The topological polar surface area (TPSA) is 64.9 Å². The summed E-state index contributed by atoms with van der Waals surface area (Å²) in [5.41, 5.74) is 11.2. The molecule has 1 heterocycles. The van der Waals surface area contributed by atoms with Gasteiger partial charge in [-0.3, -0.25) is 0 Å². The van der Waals surface area contributed by atoms with E-state index < -0.39 is 0 Å². The standard InChI is InChI=1S/C5H5BrClN3/c6-4-2(7)1-3(8)5(9)10-4/h1H,8H2,(H2,9,10). The molecule has 0 radical (unpaired) electrons. The van der Waals surface area contributed by atoms with Gasteiger partial charge < -0.3 is 11.5 Å². The second-order valence-corrected chi connectivity index (χ2v) is 2.89. The Balaban J connectivity index is 3.28. The summed E-state index contributed by atoms with van der Waals surface area (Å²) in [7, 11) is 0. The first kappa shape index (κ1) is 7.63. The van der Waals surface area contributed by atoms with Gasteiger partial charge in [0.25, 0.3) is 0 Å². The summed E-state index contributed by atoms with van der Waals surface area (Å²) < 4.78 is 0.515. The molecule has 0 aliphatic heterocycles. The number of pyridine rings is 1. The fraction of sp³-hybridized carbons (Fsp3) is 0. The molecule has 0 saturated carbocycles. The number of anilines is 2. The van der Waals surface area contributed by atoms with Crippen LogP contribution in [0.1, 0.15) is 0 Å². The Hall–Kier alpha value is -0.480. The zero-order valence-corrected chi connectivity index (χ0v) is 7.28. The zero-order chi connectivity index (χ0) is 7.72. The summed E-state index contributed by atoms with van der Waals surface area (Å²) in [4.78, 5) is 3.81. The molecular formula is C5H5BrClN3. The van der Waals surface area contributed by atoms with Crippen LogP contribution in [0.4, 0.5) is 11.5 Å². The van der Waals surface area contributed by atoms with Crippen molar-refractivity contribution in [2.24, 2.45) is 0 Å². The zero-order valence-electron chi connectivity index (χ0n) is 4.94.